The van der Waals surface area contributed by atoms with Crippen LogP contribution in [0.15, 0.2) is 18.2 Å². The summed E-state index contributed by atoms with van der Waals surface area (Å²) in [4.78, 5) is 22.3. The highest BCUT2D eigenvalue weighted by Crippen LogP contribution is 2.16. The standard InChI is InChI=1S/C16H18ClNO4/c1-16(2,3)22-15(21)18-8-4-5-11-6-7-13(17)9-12(11)10-14(19)20/h6-7,9H,8,10H2,1-3H3,(H,18,21)(H,19,20). The number of hydrogen-bond acceptors (Lipinski definition) is 3. The predicted molar refractivity (Wildman–Crippen MR) is 83.9 cm³/mol. The first-order chi connectivity index (χ1) is 10.2. The van der Waals surface area contributed by atoms with Crippen molar-refractivity contribution in [2.45, 2.75) is 32.8 Å². The van der Waals surface area contributed by atoms with Crippen molar-refractivity contribution in [3.63, 3.8) is 0 Å². The van der Waals surface area contributed by atoms with E-state index in [0.29, 0.717) is 16.1 Å². The Morgan fingerprint density at radius 3 is 2.64 bits per heavy atom. The molecule has 1 amide bonds. The third-order valence-electron chi connectivity index (χ3n) is 2.35. The Labute approximate surface area is 134 Å². The minimum absolute atomic E-state index is 0.101. The Morgan fingerprint density at radius 1 is 1.36 bits per heavy atom. The molecule has 5 nitrogen and oxygen atoms in total. The quantitative estimate of drug-likeness (QED) is 0.839. The van der Waals surface area contributed by atoms with Crippen molar-refractivity contribution in [1.29, 1.82) is 0 Å². The molecule has 1 aromatic carbocycles. The van der Waals surface area contributed by atoms with Gasteiger partial charge in [-0.25, -0.2) is 4.79 Å². The Morgan fingerprint density at radius 2 is 2.05 bits per heavy atom. The molecule has 0 saturated heterocycles. The van der Waals surface area contributed by atoms with Gasteiger partial charge in [0.05, 0.1) is 13.0 Å². The maximum Gasteiger partial charge on any atom is 0.408 e. The Hall–Kier alpha value is -2.19. The number of rotatable bonds is 3. The average molecular weight is 324 g/mol. The van der Waals surface area contributed by atoms with Crippen LogP contribution in [0.3, 0.4) is 0 Å². The summed E-state index contributed by atoms with van der Waals surface area (Å²) in [6, 6.07) is 4.86. The van der Waals surface area contributed by atoms with E-state index in [0.717, 1.165) is 0 Å². The topological polar surface area (TPSA) is 75.6 Å². The molecule has 22 heavy (non-hydrogen) atoms. The molecular formula is C16H18ClNO4. The van der Waals surface area contributed by atoms with E-state index >= 15 is 0 Å². The molecule has 0 heterocycles. The van der Waals surface area contributed by atoms with Gasteiger partial charge in [0.2, 0.25) is 0 Å². The van der Waals surface area contributed by atoms with Gasteiger partial charge < -0.3 is 15.2 Å². The molecule has 1 aromatic rings. The van der Waals surface area contributed by atoms with E-state index in [1.165, 1.54) is 0 Å². The lowest BCUT2D eigenvalue weighted by Gasteiger charge is -2.19. The van der Waals surface area contributed by atoms with Crippen molar-refractivity contribution in [1.82, 2.24) is 5.32 Å². The maximum atomic E-state index is 11.4. The van der Waals surface area contributed by atoms with E-state index in [2.05, 4.69) is 17.2 Å². The number of carboxylic acid groups (broad SMARTS) is 1. The smallest absolute Gasteiger partial charge is 0.408 e. The normalized spacial score (nSPS) is 10.4. The van der Waals surface area contributed by atoms with E-state index in [-0.39, 0.29) is 13.0 Å². The van der Waals surface area contributed by atoms with Gasteiger partial charge in [-0.05, 0) is 44.5 Å². The van der Waals surface area contributed by atoms with Crippen LogP contribution in [0, 0.1) is 11.8 Å². The summed E-state index contributed by atoms with van der Waals surface area (Å²) >= 11 is 5.85. The average Bonchev–Trinajstić information content (AvgIpc) is 2.33. The SMILES string of the molecule is CC(C)(C)OC(=O)NCC#Cc1ccc(Cl)cc1CC(=O)O. The van der Waals surface area contributed by atoms with Crippen molar-refractivity contribution < 1.29 is 19.4 Å². The van der Waals surface area contributed by atoms with Crippen LogP contribution in [0.2, 0.25) is 5.02 Å². The van der Waals surface area contributed by atoms with Gasteiger partial charge in [-0.2, -0.15) is 0 Å². The zero-order chi connectivity index (χ0) is 16.8. The molecule has 0 aliphatic heterocycles. The molecule has 0 atom stereocenters. The Balaban J connectivity index is 2.68. The van der Waals surface area contributed by atoms with E-state index < -0.39 is 17.7 Å². The summed E-state index contributed by atoms with van der Waals surface area (Å²) in [7, 11) is 0. The summed E-state index contributed by atoms with van der Waals surface area (Å²) in [5.74, 6) is 4.61. The van der Waals surface area contributed by atoms with Gasteiger partial charge in [-0.15, -0.1) is 0 Å². The van der Waals surface area contributed by atoms with Crippen LogP contribution in [0.4, 0.5) is 4.79 Å². The summed E-state index contributed by atoms with van der Waals surface area (Å²) in [5.41, 5.74) is 0.532. The molecule has 6 heteroatoms. The van der Waals surface area contributed by atoms with Crippen molar-refractivity contribution in [3.8, 4) is 11.8 Å². The van der Waals surface area contributed by atoms with E-state index in [1.54, 1.807) is 39.0 Å². The van der Waals surface area contributed by atoms with E-state index in [4.69, 9.17) is 21.4 Å². The maximum absolute atomic E-state index is 11.4. The van der Waals surface area contributed by atoms with Crippen molar-refractivity contribution in [3.05, 3.63) is 34.3 Å². The van der Waals surface area contributed by atoms with Crippen LogP contribution in [0.5, 0.6) is 0 Å². The highest BCUT2D eigenvalue weighted by molar-refractivity contribution is 6.30. The zero-order valence-electron chi connectivity index (χ0n) is 12.7. The number of benzene rings is 1. The number of aliphatic carboxylic acids is 1. The highest BCUT2D eigenvalue weighted by Gasteiger charge is 2.15. The Kier molecular flexibility index (Phi) is 6.26. The zero-order valence-corrected chi connectivity index (χ0v) is 13.5. The van der Waals surface area contributed by atoms with Gasteiger partial charge in [0, 0.05) is 10.6 Å². The van der Waals surface area contributed by atoms with Gasteiger partial charge in [-0.3, -0.25) is 4.79 Å². The predicted octanol–water partition coefficient (Wildman–Crippen LogP) is 2.84. The number of carbonyl (C=O) groups is 2. The number of ether oxygens (including phenoxy) is 1. The number of alkyl carbamates (subject to hydrolysis) is 1. The molecule has 0 fully saturated rings. The van der Waals surface area contributed by atoms with Gasteiger partial charge >= 0.3 is 12.1 Å². The first-order valence-electron chi connectivity index (χ1n) is 6.63. The number of hydrogen-bond donors (Lipinski definition) is 2. The van der Waals surface area contributed by atoms with Crippen LogP contribution in [0.1, 0.15) is 31.9 Å². The molecule has 118 valence electrons. The van der Waals surface area contributed by atoms with Crippen LogP contribution >= 0.6 is 11.6 Å². The fourth-order valence-electron chi connectivity index (χ4n) is 1.56. The molecule has 0 aliphatic carbocycles. The first-order valence-corrected chi connectivity index (χ1v) is 7.01. The summed E-state index contributed by atoms with van der Waals surface area (Å²) < 4.78 is 5.07. The molecule has 2 N–H and O–H groups in total. The number of halogens is 1. The number of carbonyl (C=O) groups excluding carboxylic acids is 1. The van der Waals surface area contributed by atoms with Crippen molar-refractivity contribution in [2.75, 3.05) is 6.54 Å². The molecule has 0 unspecified atom stereocenters. The molecule has 0 saturated carbocycles. The van der Waals surface area contributed by atoms with Crippen molar-refractivity contribution >= 4 is 23.7 Å². The second-order valence-electron chi connectivity index (χ2n) is 5.53. The van der Waals surface area contributed by atoms with Crippen LogP contribution in [0.25, 0.3) is 0 Å². The summed E-state index contributed by atoms with van der Waals surface area (Å²) in [5, 5.41) is 11.8. The number of amides is 1. The first kappa shape index (κ1) is 17.9. The third-order valence-corrected chi connectivity index (χ3v) is 2.59. The second-order valence-corrected chi connectivity index (χ2v) is 5.97. The summed E-state index contributed by atoms with van der Waals surface area (Å²) in [6.45, 7) is 5.41. The lowest BCUT2D eigenvalue weighted by Crippen LogP contribution is -2.32. The molecule has 0 spiro atoms. The molecule has 0 aromatic heterocycles. The third kappa shape index (κ3) is 7.00. The van der Waals surface area contributed by atoms with Gasteiger partial charge in [0.1, 0.15) is 5.60 Å². The highest BCUT2D eigenvalue weighted by atomic mass is 35.5. The monoisotopic (exact) mass is 323 g/mol. The molecule has 0 radical (unpaired) electrons. The Bertz CT molecular complexity index is 623. The van der Waals surface area contributed by atoms with Crippen LogP contribution in [-0.2, 0) is 16.0 Å². The minimum Gasteiger partial charge on any atom is -0.481 e. The second kappa shape index (κ2) is 7.71. The molecule has 0 aliphatic rings. The van der Waals surface area contributed by atoms with Gasteiger partial charge in [0.15, 0.2) is 0 Å². The van der Waals surface area contributed by atoms with Gasteiger partial charge in [0.25, 0.3) is 0 Å². The molecular weight excluding hydrogens is 306 g/mol. The van der Waals surface area contributed by atoms with Crippen molar-refractivity contribution in [2.24, 2.45) is 0 Å². The lowest BCUT2D eigenvalue weighted by molar-refractivity contribution is -0.136. The molecule has 0 bridgehead atoms. The van der Waals surface area contributed by atoms with E-state index in [9.17, 15) is 9.59 Å². The number of nitrogens with one attached hydrogen (secondary N) is 1. The van der Waals surface area contributed by atoms with Gasteiger partial charge in [-0.1, -0.05) is 23.4 Å². The fraction of sp³-hybridized carbons (Fsp3) is 0.375. The van der Waals surface area contributed by atoms with E-state index in [1.807, 2.05) is 0 Å². The fourth-order valence-corrected chi connectivity index (χ4v) is 1.76. The number of carboxylic acids is 1. The van der Waals surface area contributed by atoms with Crippen LogP contribution in [-0.4, -0.2) is 29.3 Å². The lowest BCUT2D eigenvalue weighted by atomic mass is 10.1. The summed E-state index contributed by atoms with van der Waals surface area (Å²) in [6.07, 6.45) is -0.715. The minimum atomic E-state index is -0.961. The molecule has 1 rings (SSSR count). The van der Waals surface area contributed by atoms with Crippen LogP contribution < -0.4 is 5.32 Å². The largest absolute Gasteiger partial charge is 0.481 e.